The van der Waals surface area contributed by atoms with Crippen molar-refractivity contribution in [3.05, 3.63) is 95.8 Å². The molecule has 2 N–H and O–H groups in total. The number of aliphatic hydroxyl groups is 1. The molecule has 0 saturated carbocycles. The molecule has 31 heavy (non-hydrogen) atoms. The number of carbonyl (C=O) groups excluding carboxylic acids is 1. The summed E-state index contributed by atoms with van der Waals surface area (Å²) < 4.78 is 40.4. The molecule has 0 aliphatic carbocycles. The third kappa shape index (κ3) is 6.13. The van der Waals surface area contributed by atoms with Gasteiger partial charge in [0.2, 0.25) is 0 Å². The van der Waals surface area contributed by atoms with Crippen LogP contribution in [0.4, 0.5) is 10.1 Å². The van der Waals surface area contributed by atoms with Crippen molar-refractivity contribution in [1.29, 1.82) is 0 Å². The molecule has 3 aromatic carbocycles. The lowest BCUT2D eigenvalue weighted by Gasteiger charge is -2.22. The minimum Gasteiger partial charge on any atom is -0.395 e. The molecule has 0 aliphatic rings. The van der Waals surface area contributed by atoms with Crippen LogP contribution in [0.25, 0.3) is 0 Å². The van der Waals surface area contributed by atoms with Gasteiger partial charge in [0, 0.05) is 24.3 Å². The Morgan fingerprint density at radius 1 is 0.903 bits per heavy atom. The van der Waals surface area contributed by atoms with E-state index < -0.39 is 15.8 Å². The number of amides is 1. The van der Waals surface area contributed by atoms with Gasteiger partial charge < -0.3 is 10.0 Å². The number of hydrogen-bond donors (Lipinski definition) is 2. The van der Waals surface area contributed by atoms with Gasteiger partial charge in [0.1, 0.15) is 5.82 Å². The van der Waals surface area contributed by atoms with Crippen LogP contribution in [0.3, 0.4) is 0 Å². The summed E-state index contributed by atoms with van der Waals surface area (Å²) in [6.45, 7) is 0.433. The van der Waals surface area contributed by atoms with Gasteiger partial charge in [0.15, 0.2) is 0 Å². The van der Waals surface area contributed by atoms with Gasteiger partial charge in [0.05, 0.1) is 11.5 Å². The van der Waals surface area contributed by atoms with Gasteiger partial charge in [-0.05, 0) is 60.5 Å². The van der Waals surface area contributed by atoms with E-state index in [2.05, 4.69) is 4.72 Å². The summed E-state index contributed by atoms with van der Waals surface area (Å²) in [5.74, 6) is -0.758. The summed E-state index contributed by atoms with van der Waals surface area (Å²) >= 11 is 0. The van der Waals surface area contributed by atoms with Crippen LogP contribution in [0.2, 0.25) is 0 Å². The first-order valence-electron chi connectivity index (χ1n) is 9.71. The Balaban J connectivity index is 1.70. The molecule has 162 valence electrons. The van der Waals surface area contributed by atoms with E-state index in [0.29, 0.717) is 18.5 Å². The van der Waals surface area contributed by atoms with Gasteiger partial charge in [-0.1, -0.05) is 30.3 Å². The Kier molecular flexibility index (Phi) is 7.38. The number of benzene rings is 3. The van der Waals surface area contributed by atoms with Crippen molar-refractivity contribution in [2.45, 2.75) is 11.3 Å². The van der Waals surface area contributed by atoms with Crippen molar-refractivity contribution in [3.8, 4) is 0 Å². The Bertz CT molecular complexity index is 1100. The molecule has 0 saturated heterocycles. The molecule has 0 aliphatic heterocycles. The molecular weight excluding hydrogens is 419 g/mol. The van der Waals surface area contributed by atoms with Crippen LogP contribution in [0.1, 0.15) is 15.9 Å². The lowest BCUT2D eigenvalue weighted by Crippen LogP contribution is -2.35. The number of aliphatic hydroxyl groups excluding tert-OH is 1. The molecule has 0 radical (unpaired) electrons. The van der Waals surface area contributed by atoms with E-state index in [-0.39, 0.29) is 29.6 Å². The van der Waals surface area contributed by atoms with Crippen molar-refractivity contribution in [2.24, 2.45) is 0 Å². The maximum absolute atomic E-state index is 13.0. The van der Waals surface area contributed by atoms with Crippen LogP contribution in [-0.2, 0) is 16.4 Å². The van der Waals surface area contributed by atoms with Crippen LogP contribution in [-0.4, -0.2) is 44.0 Å². The summed E-state index contributed by atoms with van der Waals surface area (Å²) in [5.41, 5.74) is 1.63. The molecule has 0 aromatic heterocycles. The van der Waals surface area contributed by atoms with Gasteiger partial charge in [-0.25, -0.2) is 12.8 Å². The SMILES string of the molecule is O=C(c1ccc(S(=O)(=O)Nc2ccc(F)cc2)cc1)N(CCO)CCc1ccccc1. The zero-order chi connectivity index (χ0) is 22.3. The van der Waals surface area contributed by atoms with Crippen LogP contribution >= 0.6 is 0 Å². The van der Waals surface area contributed by atoms with Gasteiger partial charge >= 0.3 is 0 Å². The standard InChI is InChI=1S/C23H23FN2O4S/c24-20-8-10-21(11-9-20)25-31(29,30)22-12-6-19(7-13-22)23(28)26(16-17-27)15-14-18-4-2-1-3-5-18/h1-13,25,27H,14-17H2. The summed E-state index contributed by atoms with van der Waals surface area (Å²) in [6.07, 6.45) is 0.640. The molecule has 0 atom stereocenters. The fourth-order valence-corrected chi connectivity index (χ4v) is 4.09. The summed E-state index contributed by atoms with van der Waals surface area (Å²) in [6, 6.07) is 20.2. The Morgan fingerprint density at radius 3 is 2.16 bits per heavy atom. The van der Waals surface area contributed by atoms with E-state index in [1.165, 1.54) is 41.3 Å². The second-order valence-corrected chi connectivity index (χ2v) is 8.57. The first-order chi connectivity index (χ1) is 14.9. The molecule has 0 fully saturated rings. The smallest absolute Gasteiger partial charge is 0.261 e. The monoisotopic (exact) mass is 442 g/mol. The van der Waals surface area contributed by atoms with Gasteiger partial charge in [-0.2, -0.15) is 0 Å². The highest BCUT2D eigenvalue weighted by Gasteiger charge is 2.18. The Labute approximate surface area is 181 Å². The second-order valence-electron chi connectivity index (χ2n) is 6.89. The van der Waals surface area contributed by atoms with Crippen molar-refractivity contribution in [2.75, 3.05) is 24.4 Å². The maximum Gasteiger partial charge on any atom is 0.261 e. The molecule has 8 heteroatoms. The lowest BCUT2D eigenvalue weighted by molar-refractivity contribution is 0.0724. The Morgan fingerprint density at radius 2 is 1.55 bits per heavy atom. The minimum absolute atomic E-state index is 0.0219. The predicted octanol–water partition coefficient (Wildman–Crippen LogP) is 3.30. The third-order valence-corrected chi connectivity index (χ3v) is 6.08. The summed E-state index contributed by atoms with van der Waals surface area (Å²) in [7, 11) is -3.88. The van der Waals surface area contributed by atoms with Gasteiger partial charge in [-0.15, -0.1) is 0 Å². The number of nitrogens with zero attached hydrogens (tertiary/aromatic N) is 1. The van der Waals surface area contributed by atoms with Crippen LogP contribution in [0.15, 0.2) is 83.8 Å². The lowest BCUT2D eigenvalue weighted by atomic mass is 10.1. The minimum atomic E-state index is -3.88. The molecule has 3 aromatic rings. The fraction of sp³-hybridized carbons (Fsp3) is 0.174. The predicted molar refractivity (Wildman–Crippen MR) is 117 cm³/mol. The fourth-order valence-electron chi connectivity index (χ4n) is 3.04. The Hall–Kier alpha value is -3.23. The van der Waals surface area contributed by atoms with E-state index in [1.54, 1.807) is 0 Å². The highest BCUT2D eigenvalue weighted by atomic mass is 32.2. The third-order valence-electron chi connectivity index (χ3n) is 4.68. The highest BCUT2D eigenvalue weighted by molar-refractivity contribution is 7.92. The molecule has 1 amide bonds. The summed E-state index contributed by atoms with van der Waals surface area (Å²) in [5, 5.41) is 9.33. The number of halogens is 1. The molecule has 0 bridgehead atoms. The zero-order valence-electron chi connectivity index (χ0n) is 16.7. The quantitative estimate of drug-likeness (QED) is 0.532. The summed E-state index contributed by atoms with van der Waals surface area (Å²) in [4.78, 5) is 14.4. The van der Waals surface area contributed by atoms with Crippen molar-refractivity contribution < 1.29 is 22.7 Å². The van der Waals surface area contributed by atoms with E-state index >= 15 is 0 Å². The number of hydrogen-bond acceptors (Lipinski definition) is 4. The maximum atomic E-state index is 13.0. The topological polar surface area (TPSA) is 86.7 Å². The number of carbonyl (C=O) groups is 1. The molecule has 6 nitrogen and oxygen atoms in total. The average molecular weight is 443 g/mol. The first-order valence-corrected chi connectivity index (χ1v) is 11.2. The van der Waals surface area contributed by atoms with E-state index in [0.717, 1.165) is 17.7 Å². The number of rotatable bonds is 9. The number of nitrogens with one attached hydrogen (secondary N) is 1. The molecule has 3 rings (SSSR count). The van der Waals surface area contributed by atoms with E-state index in [1.807, 2.05) is 30.3 Å². The number of sulfonamides is 1. The number of anilines is 1. The van der Waals surface area contributed by atoms with Gasteiger partial charge in [-0.3, -0.25) is 9.52 Å². The average Bonchev–Trinajstić information content (AvgIpc) is 2.78. The molecular formula is C23H23FN2O4S. The molecule has 0 spiro atoms. The normalized spacial score (nSPS) is 11.2. The van der Waals surface area contributed by atoms with Crippen LogP contribution < -0.4 is 4.72 Å². The van der Waals surface area contributed by atoms with Crippen molar-refractivity contribution in [1.82, 2.24) is 4.90 Å². The second kappa shape index (κ2) is 10.2. The van der Waals surface area contributed by atoms with Crippen molar-refractivity contribution in [3.63, 3.8) is 0 Å². The van der Waals surface area contributed by atoms with Crippen LogP contribution in [0, 0.1) is 5.82 Å². The van der Waals surface area contributed by atoms with Gasteiger partial charge in [0.25, 0.3) is 15.9 Å². The highest BCUT2D eigenvalue weighted by Crippen LogP contribution is 2.18. The van der Waals surface area contributed by atoms with Crippen LogP contribution in [0.5, 0.6) is 0 Å². The largest absolute Gasteiger partial charge is 0.395 e. The first kappa shape index (κ1) is 22.5. The van der Waals surface area contributed by atoms with Crippen molar-refractivity contribution >= 4 is 21.6 Å². The zero-order valence-corrected chi connectivity index (χ0v) is 17.6. The molecule has 0 unspecified atom stereocenters. The van der Waals surface area contributed by atoms with E-state index in [4.69, 9.17) is 0 Å². The van der Waals surface area contributed by atoms with E-state index in [9.17, 15) is 22.7 Å². The molecule has 0 heterocycles.